The van der Waals surface area contributed by atoms with Crippen LogP contribution in [0.15, 0.2) is 54.7 Å². The van der Waals surface area contributed by atoms with Crippen LogP contribution >= 0.6 is 0 Å². The highest BCUT2D eigenvalue weighted by atomic mass is 19.1. The zero-order valence-electron chi connectivity index (χ0n) is 9.73. The molecule has 2 aromatic carbocycles. The molecule has 0 bridgehead atoms. The van der Waals surface area contributed by atoms with Gasteiger partial charge in [0.25, 0.3) is 0 Å². The highest BCUT2D eigenvalue weighted by molar-refractivity contribution is 5.84. The molecule has 0 saturated carbocycles. The van der Waals surface area contributed by atoms with Crippen LogP contribution in [0.3, 0.4) is 0 Å². The summed E-state index contributed by atoms with van der Waals surface area (Å²) in [6.07, 6.45) is 1.85. The van der Waals surface area contributed by atoms with Crippen LogP contribution in [-0.2, 0) is 0 Å². The number of aromatic amines is 1. The molecule has 1 atom stereocenters. The van der Waals surface area contributed by atoms with E-state index in [2.05, 4.69) is 4.98 Å². The van der Waals surface area contributed by atoms with Crippen LogP contribution < -0.4 is 5.73 Å². The summed E-state index contributed by atoms with van der Waals surface area (Å²) in [5, 5.41) is 1.04. The van der Waals surface area contributed by atoms with Gasteiger partial charge in [-0.1, -0.05) is 36.4 Å². The van der Waals surface area contributed by atoms with Crippen molar-refractivity contribution in [2.75, 3.05) is 0 Å². The Hall–Kier alpha value is -2.13. The molecule has 3 heteroatoms. The molecule has 0 saturated heterocycles. The molecule has 1 unspecified atom stereocenters. The molecule has 0 aliphatic rings. The number of para-hydroxylation sites is 1. The highest BCUT2D eigenvalue weighted by Gasteiger charge is 2.16. The summed E-state index contributed by atoms with van der Waals surface area (Å²) in [6, 6.07) is 14.0. The van der Waals surface area contributed by atoms with Gasteiger partial charge in [0.2, 0.25) is 0 Å². The molecule has 3 aromatic rings. The zero-order chi connectivity index (χ0) is 12.5. The Labute approximate surface area is 104 Å². The molecule has 3 N–H and O–H groups in total. The SMILES string of the molecule is NC(c1ccccc1F)c1c[nH]c2ccccc12. The molecule has 90 valence electrons. The molecule has 0 radical (unpaired) electrons. The summed E-state index contributed by atoms with van der Waals surface area (Å²) in [7, 11) is 0. The Balaban J connectivity index is 2.13. The molecule has 2 nitrogen and oxygen atoms in total. The van der Waals surface area contributed by atoms with Crippen LogP contribution in [0, 0.1) is 5.82 Å². The molecular formula is C15H13FN2. The first-order valence-corrected chi connectivity index (χ1v) is 5.83. The fraction of sp³-hybridized carbons (Fsp3) is 0.0667. The first kappa shape index (κ1) is 11.0. The Bertz CT molecular complexity index is 688. The van der Waals surface area contributed by atoms with E-state index in [1.807, 2.05) is 30.5 Å². The van der Waals surface area contributed by atoms with Crippen molar-refractivity contribution in [1.82, 2.24) is 4.98 Å². The van der Waals surface area contributed by atoms with E-state index in [-0.39, 0.29) is 5.82 Å². The number of halogens is 1. The number of rotatable bonds is 2. The van der Waals surface area contributed by atoms with E-state index in [0.717, 1.165) is 16.5 Å². The lowest BCUT2D eigenvalue weighted by Crippen LogP contribution is -2.13. The second-order valence-electron chi connectivity index (χ2n) is 4.29. The van der Waals surface area contributed by atoms with E-state index in [4.69, 9.17) is 5.73 Å². The Morgan fingerprint density at radius 1 is 0.944 bits per heavy atom. The van der Waals surface area contributed by atoms with E-state index in [9.17, 15) is 4.39 Å². The van der Waals surface area contributed by atoms with Gasteiger partial charge in [0.1, 0.15) is 5.82 Å². The maximum absolute atomic E-state index is 13.7. The fourth-order valence-electron chi connectivity index (χ4n) is 2.25. The van der Waals surface area contributed by atoms with Gasteiger partial charge in [-0.2, -0.15) is 0 Å². The Morgan fingerprint density at radius 2 is 1.67 bits per heavy atom. The largest absolute Gasteiger partial charge is 0.361 e. The minimum Gasteiger partial charge on any atom is -0.361 e. The summed E-state index contributed by atoms with van der Waals surface area (Å²) >= 11 is 0. The van der Waals surface area contributed by atoms with Gasteiger partial charge in [0.15, 0.2) is 0 Å². The predicted octanol–water partition coefficient (Wildman–Crippen LogP) is 3.36. The van der Waals surface area contributed by atoms with Crippen molar-refractivity contribution < 1.29 is 4.39 Å². The molecule has 3 rings (SSSR count). The normalized spacial score (nSPS) is 12.8. The van der Waals surface area contributed by atoms with Crippen molar-refractivity contribution in [2.24, 2.45) is 5.73 Å². The van der Waals surface area contributed by atoms with Crippen LogP contribution in [0.2, 0.25) is 0 Å². The summed E-state index contributed by atoms with van der Waals surface area (Å²) < 4.78 is 13.7. The molecule has 1 heterocycles. The fourth-order valence-corrected chi connectivity index (χ4v) is 2.25. The van der Waals surface area contributed by atoms with Crippen molar-refractivity contribution in [3.63, 3.8) is 0 Å². The zero-order valence-corrected chi connectivity index (χ0v) is 9.73. The van der Waals surface area contributed by atoms with Gasteiger partial charge in [-0.3, -0.25) is 0 Å². The number of hydrogen-bond acceptors (Lipinski definition) is 1. The van der Waals surface area contributed by atoms with Crippen molar-refractivity contribution >= 4 is 10.9 Å². The van der Waals surface area contributed by atoms with Gasteiger partial charge >= 0.3 is 0 Å². The lowest BCUT2D eigenvalue weighted by atomic mass is 9.99. The van der Waals surface area contributed by atoms with Crippen molar-refractivity contribution in [3.8, 4) is 0 Å². The quantitative estimate of drug-likeness (QED) is 0.708. The molecule has 0 fully saturated rings. The van der Waals surface area contributed by atoms with Crippen LogP contribution in [-0.4, -0.2) is 4.98 Å². The first-order chi connectivity index (χ1) is 8.77. The van der Waals surface area contributed by atoms with Crippen LogP contribution in [0.4, 0.5) is 4.39 Å². The molecule has 1 aromatic heterocycles. The monoisotopic (exact) mass is 240 g/mol. The predicted molar refractivity (Wildman–Crippen MR) is 70.7 cm³/mol. The number of fused-ring (bicyclic) bond motifs is 1. The van der Waals surface area contributed by atoms with Gasteiger partial charge in [0, 0.05) is 22.7 Å². The van der Waals surface area contributed by atoms with Gasteiger partial charge in [-0.25, -0.2) is 4.39 Å². The van der Waals surface area contributed by atoms with Gasteiger partial charge in [0.05, 0.1) is 6.04 Å². The molecule has 18 heavy (non-hydrogen) atoms. The highest BCUT2D eigenvalue weighted by Crippen LogP contribution is 2.28. The number of benzene rings is 2. The molecular weight excluding hydrogens is 227 g/mol. The molecule has 0 amide bonds. The second kappa shape index (κ2) is 4.27. The lowest BCUT2D eigenvalue weighted by molar-refractivity contribution is 0.600. The van der Waals surface area contributed by atoms with Crippen molar-refractivity contribution in [3.05, 3.63) is 71.7 Å². The summed E-state index contributed by atoms with van der Waals surface area (Å²) in [4.78, 5) is 3.16. The minimum atomic E-state index is -0.456. The topological polar surface area (TPSA) is 41.8 Å². The number of aromatic nitrogens is 1. The van der Waals surface area contributed by atoms with Crippen LogP contribution in [0.5, 0.6) is 0 Å². The molecule has 0 aliphatic heterocycles. The summed E-state index contributed by atoms with van der Waals surface area (Å²) in [6.45, 7) is 0. The maximum Gasteiger partial charge on any atom is 0.128 e. The van der Waals surface area contributed by atoms with E-state index in [1.165, 1.54) is 6.07 Å². The van der Waals surface area contributed by atoms with Crippen LogP contribution in [0.25, 0.3) is 10.9 Å². The Morgan fingerprint density at radius 3 is 2.50 bits per heavy atom. The lowest BCUT2D eigenvalue weighted by Gasteiger charge is -2.12. The average molecular weight is 240 g/mol. The van der Waals surface area contributed by atoms with Gasteiger partial charge < -0.3 is 10.7 Å². The average Bonchev–Trinajstić information content (AvgIpc) is 2.82. The molecule has 0 aliphatic carbocycles. The number of nitrogens with one attached hydrogen (secondary N) is 1. The Kier molecular flexibility index (Phi) is 2.61. The van der Waals surface area contributed by atoms with E-state index in [1.54, 1.807) is 18.2 Å². The third-order valence-electron chi connectivity index (χ3n) is 3.20. The summed E-state index contributed by atoms with van der Waals surface area (Å²) in [5.41, 5.74) is 8.61. The standard InChI is InChI=1S/C15H13FN2/c16-13-7-3-1-6-11(13)15(17)12-9-18-14-8-4-2-5-10(12)14/h1-9,15,18H,17H2. The number of hydrogen-bond donors (Lipinski definition) is 2. The summed E-state index contributed by atoms with van der Waals surface area (Å²) in [5.74, 6) is -0.268. The van der Waals surface area contributed by atoms with E-state index < -0.39 is 6.04 Å². The van der Waals surface area contributed by atoms with E-state index in [0.29, 0.717) is 5.56 Å². The van der Waals surface area contributed by atoms with E-state index >= 15 is 0 Å². The molecule has 0 spiro atoms. The second-order valence-corrected chi connectivity index (χ2v) is 4.29. The smallest absolute Gasteiger partial charge is 0.128 e. The van der Waals surface area contributed by atoms with Gasteiger partial charge in [-0.15, -0.1) is 0 Å². The number of nitrogens with two attached hydrogens (primary N) is 1. The van der Waals surface area contributed by atoms with Gasteiger partial charge in [-0.05, 0) is 17.7 Å². The number of H-pyrrole nitrogens is 1. The van der Waals surface area contributed by atoms with Crippen molar-refractivity contribution in [2.45, 2.75) is 6.04 Å². The third-order valence-corrected chi connectivity index (χ3v) is 3.20. The van der Waals surface area contributed by atoms with Crippen LogP contribution in [0.1, 0.15) is 17.2 Å². The minimum absolute atomic E-state index is 0.268. The third kappa shape index (κ3) is 1.69. The first-order valence-electron chi connectivity index (χ1n) is 5.83. The van der Waals surface area contributed by atoms with Crippen molar-refractivity contribution in [1.29, 1.82) is 0 Å². The maximum atomic E-state index is 13.7.